The molecule has 2 aliphatic rings. The summed E-state index contributed by atoms with van der Waals surface area (Å²) in [6, 6.07) is -0.560. The number of aryl methyl sites for hydroxylation is 1. The van der Waals surface area contributed by atoms with Gasteiger partial charge in [-0.25, -0.2) is 0 Å². The Balaban J connectivity index is 1.93. The summed E-state index contributed by atoms with van der Waals surface area (Å²) in [7, 11) is 0. The van der Waals surface area contributed by atoms with Gasteiger partial charge in [0.15, 0.2) is 0 Å². The number of fused-ring (bicyclic) bond motifs is 2. The molecule has 0 radical (unpaired) electrons. The molecule has 1 saturated heterocycles. The van der Waals surface area contributed by atoms with Crippen LogP contribution in [-0.2, 0) is 14.3 Å². The summed E-state index contributed by atoms with van der Waals surface area (Å²) in [4.78, 5) is 30.5. The first kappa shape index (κ1) is 27.4. The molecule has 1 aromatic rings. The molecule has 3 heterocycles. The first-order valence-electron chi connectivity index (χ1n) is 11.7. The standard InChI is InChI=1S/C25H36IN2O5S/c1-13-7-6-8-18-22(31)15(3)24(32)25(5,26-18)20(29)11-21(30)33-23(19(27)9-13)14(2)10-17-12-34-16(4)28-17/h9-10,12,15,18-20,22-23,29,31H,6-8,11,27H2,1-5H3/q-1/b13-9-,14-10+. The number of esters is 1. The van der Waals surface area contributed by atoms with Gasteiger partial charge in [0.05, 0.1) is 0 Å². The van der Waals surface area contributed by atoms with Crippen LogP contribution in [0.3, 0.4) is 0 Å². The second-order valence-electron chi connectivity index (χ2n) is 9.64. The zero-order chi connectivity index (χ0) is 25.2. The topological polar surface area (TPSA) is 123 Å². The number of nitrogens with zero attached hydrogens (tertiary/aromatic N) is 1. The van der Waals surface area contributed by atoms with Gasteiger partial charge in [0.2, 0.25) is 0 Å². The van der Waals surface area contributed by atoms with Crippen molar-refractivity contribution in [2.45, 2.75) is 92.0 Å². The van der Waals surface area contributed by atoms with Crippen molar-refractivity contribution in [3.63, 3.8) is 0 Å². The first-order chi connectivity index (χ1) is 15.9. The Morgan fingerprint density at radius 1 is 1.35 bits per heavy atom. The SMILES string of the molecule is C/C1=C/C(N)C(/C(C)=C/c2csc(C)n2)OC(=O)CC(O)C2(C)[I-]C(CCC1)C(O)C(C)C2=O. The van der Waals surface area contributed by atoms with E-state index in [9.17, 15) is 19.8 Å². The Morgan fingerprint density at radius 3 is 2.71 bits per heavy atom. The van der Waals surface area contributed by atoms with E-state index in [2.05, 4.69) is 4.98 Å². The van der Waals surface area contributed by atoms with Gasteiger partial charge in [0.1, 0.15) is 0 Å². The van der Waals surface area contributed by atoms with Crippen LogP contribution in [0, 0.1) is 12.8 Å². The van der Waals surface area contributed by atoms with Crippen molar-refractivity contribution in [1.29, 1.82) is 0 Å². The number of nitrogens with two attached hydrogens (primary N) is 1. The molecule has 0 aliphatic carbocycles. The molecule has 0 amide bonds. The molecule has 190 valence electrons. The Morgan fingerprint density at radius 2 is 2.06 bits per heavy atom. The third-order valence-corrected chi connectivity index (χ3v) is 12.2. The third kappa shape index (κ3) is 6.16. The summed E-state index contributed by atoms with van der Waals surface area (Å²) >= 11 is 0.650. The molecule has 9 heteroatoms. The summed E-state index contributed by atoms with van der Waals surface area (Å²) in [6.45, 7) is 9.29. The van der Waals surface area contributed by atoms with Crippen molar-refractivity contribution in [1.82, 2.24) is 4.98 Å². The number of thiazole rings is 1. The fourth-order valence-electron chi connectivity index (χ4n) is 4.64. The van der Waals surface area contributed by atoms with Crippen LogP contribution < -0.4 is 26.9 Å². The molecule has 4 N–H and O–H groups in total. The maximum absolute atomic E-state index is 13.1. The number of hydrogen-bond donors (Lipinski definition) is 3. The van der Waals surface area contributed by atoms with Gasteiger partial charge < -0.3 is 0 Å². The second kappa shape index (κ2) is 11.3. The first-order valence-corrected chi connectivity index (χ1v) is 14.9. The number of aliphatic hydroxyl groups excluding tert-OH is 2. The number of allylic oxidation sites excluding steroid dienone is 1. The number of Topliss-reactive ketones (excluding diaryl/α,β-unsaturated/α-hetero) is 1. The zero-order valence-electron chi connectivity index (χ0n) is 20.5. The van der Waals surface area contributed by atoms with Crippen LogP contribution in [0.15, 0.2) is 22.6 Å². The van der Waals surface area contributed by atoms with E-state index in [0.29, 0.717) is 0 Å². The van der Waals surface area contributed by atoms with Crippen LogP contribution >= 0.6 is 11.3 Å². The predicted octanol–water partition coefficient (Wildman–Crippen LogP) is -0.229. The Hall–Kier alpha value is -1.14. The van der Waals surface area contributed by atoms with Gasteiger partial charge in [-0.1, -0.05) is 0 Å². The maximum atomic E-state index is 13.1. The fourth-order valence-corrected chi connectivity index (χ4v) is 10.0. The van der Waals surface area contributed by atoms with Gasteiger partial charge in [-0.3, -0.25) is 0 Å². The van der Waals surface area contributed by atoms with Gasteiger partial charge in [-0.15, -0.1) is 0 Å². The van der Waals surface area contributed by atoms with E-state index < -0.39 is 60.9 Å². The van der Waals surface area contributed by atoms with E-state index >= 15 is 0 Å². The van der Waals surface area contributed by atoms with E-state index in [1.165, 1.54) is 11.3 Å². The number of cyclic esters (lactones) is 1. The molecule has 7 unspecified atom stereocenters. The number of aliphatic hydroxyl groups is 2. The normalized spacial score (nSPS) is 38.2. The number of ketones is 1. The molecule has 2 aliphatic heterocycles. The average molecular weight is 604 g/mol. The number of hydrogen-bond acceptors (Lipinski definition) is 8. The van der Waals surface area contributed by atoms with Crippen LogP contribution in [0.1, 0.15) is 64.1 Å². The molecule has 34 heavy (non-hydrogen) atoms. The van der Waals surface area contributed by atoms with Crippen LogP contribution in [0.2, 0.25) is 0 Å². The molecule has 0 aromatic carbocycles. The van der Waals surface area contributed by atoms with E-state index in [1.807, 2.05) is 38.3 Å². The van der Waals surface area contributed by atoms with Gasteiger partial charge in [0.25, 0.3) is 0 Å². The zero-order valence-corrected chi connectivity index (χ0v) is 23.4. The van der Waals surface area contributed by atoms with E-state index in [-0.39, 0.29) is 16.1 Å². The summed E-state index contributed by atoms with van der Waals surface area (Å²) in [5, 5.41) is 24.7. The van der Waals surface area contributed by atoms with E-state index in [4.69, 9.17) is 10.5 Å². The number of alkyl halides is 2. The average Bonchev–Trinajstić information content (AvgIpc) is 3.17. The van der Waals surface area contributed by atoms with Crippen LogP contribution in [0.5, 0.6) is 0 Å². The van der Waals surface area contributed by atoms with Crippen molar-refractivity contribution in [2.75, 3.05) is 0 Å². The minimum absolute atomic E-state index is 0.00826. The summed E-state index contributed by atoms with van der Waals surface area (Å²) in [6.07, 6.45) is 3.41. The number of ether oxygens (including phenoxy) is 1. The molecule has 0 saturated carbocycles. The molecule has 0 spiro atoms. The summed E-state index contributed by atoms with van der Waals surface area (Å²) in [5.41, 5.74) is 9.14. The molecular formula is C25H36IN2O5S-. The Kier molecular flexibility index (Phi) is 9.11. The third-order valence-electron chi connectivity index (χ3n) is 6.73. The van der Waals surface area contributed by atoms with Crippen molar-refractivity contribution in [3.8, 4) is 0 Å². The quantitative estimate of drug-likeness (QED) is 0.185. The molecule has 1 aromatic heterocycles. The molecule has 3 rings (SSSR count). The van der Waals surface area contributed by atoms with E-state index in [1.54, 1.807) is 13.8 Å². The fraction of sp³-hybridized carbons (Fsp3) is 0.640. The molecule has 1 fully saturated rings. The van der Waals surface area contributed by atoms with Crippen molar-refractivity contribution in [2.24, 2.45) is 11.7 Å². The van der Waals surface area contributed by atoms with Gasteiger partial charge >= 0.3 is 217 Å². The van der Waals surface area contributed by atoms with Gasteiger partial charge in [0, 0.05) is 0 Å². The number of aromatic nitrogens is 1. The van der Waals surface area contributed by atoms with Crippen LogP contribution in [0.4, 0.5) is 0 Å². The summed E-state index contributed by atoms with van der Waals surface area (Å²) < 4.78 is 4.81. The molecule has 7 atom stereocenters. The number of carbonyl (C=O) groups excluding carboxylic acids is 2. The monoisotopic (exact) mass is 603 g/mol. The predicted molar refractivity (Wildman–Crippen MR) is 129 cm³/mol. The minimum atomic E-state index is -1.15. The van der Waals surface area contributed by atoms with Crippen molar-refractivity contribution in [3.05, 3.63) is 33.3 Å². The number of halogens is 1. The second-order valence-corrected chi connectivity index (χ2v) is 15.2. The van der Waals surface area contributed by atoms with Gasteiger partial charge in [-0.2, -0.15) is 0 Å². The molecular weight excluding hydrogens is 567 g/mol. The molecule has 2 bridgehead atoms. The summed E-state index contributed by atoms with van der Waals surface area (Å²) in [5.74, 6) is -1.31. The van der Waals surface area contributed by atoms with Crippen LogP contribution in [0.25, 0.3) is 6.08 Å². The number of rotatable bonds is 2. The Bertz CT molecular complexity index is 976. The Labute approximate surface area is 216 Å². The van der Waals surface area contributed by atoms with E-state index in [0.717, 1.165) is 41.1 Å². The van der Waals surface area contributed by atoms with Crippen LogP contribution in [-0.4, -0.2) is 58.6 Å². The van der Waals surface area contributed by atoms with Crippen molar-refractivity contribution >= 4 is 29.2 Å². The van der Waals surface area contributed by atoms with Gasteiger partial charge in [-0.05, 0) is 0 Å². The van der Waals surface area contributed by atoms with Crippen molar-refractivity contribution < 1.29 is 45.7 Å². The molecule has 7 nitrogen and oxygen atoms in total. The number of carbonyl (C=O) groups is 2.